The highest BCUT2D eigenvalue weighted by Crippen LogP contribution is 2.34. The smallest absolute Gasteiger partial charge is 0.315 e. The third kappa shape index (κ3) is 5.16. The number of rotatable bonds is 7. The fourth-order valence-electron chi connectivity index (χ4n) is 3.54. The van der Waals surface area contributed by atoms with Crippen LogP contribution in [-0.2, 0) is 4.74 Å². The molecule has 2 amide bonds. The van der Waals surface area contributed by atoms with Crippen molar-refractivity contribution in [1.82, 2.24) is 9.80 Å². The van der Waals surface area contributed by atoms with Gasteiger partial charge in [-0.2, -0.15) is 0 Å². The van der Waals surface area contributed by atoms with Gasteiger partial charge in [0.25, 0.3) is 0 Å². The van der Waals surface area contributed by atoms with E-state index in [1.54, 1.807) is 11.0 Å². The van der Waals surface area contributed by atoms with Gasteiger partial charge in [-0.15, -0.1) is 0 Å². The Morgan fingerprint density at radius 2 is 2.12 bits per heavy atom. The monoisotopic (exact) mass is 351 g/mol. The summed E-state index contributed by atoms with van der Waals surface area (Å²) in [6.07, 6.45) is 1.55. The van der Waals surface area contributed by atoms with E-state index in [0.717, 1.165) is 37.2 Å². The molecule has 2 N–H and O–H groups in total. The minimum absolute atomic E-state index is 0.0839. The summed E-state index contributed by atoms with van der Waals surface area (Å²) in [6.45, 7) is 10.3. The molecule has 140 valence electrons. The maximum atomic E-state index is 13.4. The summed E-state index contributed by atoms with van der Waals surface area (Å²) in [5.41, 5.74) is 7.34. The number of carbonyl (C=O) groups is 1. The number of ether oxygens (including phenoxy) is 1. The van der Waals surface area contributed by atoms with Gasteiger partial charge in [-0.05, 0) is 56.1 Å². The van der Waals surface area contributed by atoms with Crippen molar-refractivity contribution in [2.75, 3.05) is 32.8 Å². The predicted octanol–water partition coefficient (Wildman–Crippen LogP) is 3.08. The van der Waals surface area contributed by atoms with Crippen molar-refractivity contribution in [2.24, 2.45) is 5.73 Å². The number of nitrogens with two attached hydrogens (primary N) is 1. The molecule has 0 aliphatic carbocycles. The first-order valence-corrected chi connectivity index (χ1v) is 9.12. The lowest BCUT2D eigenvalue weighted by Gasteiger charge is -2.39. The van der Waals surface area contributed by atoms with Gasteiger partial charge in [-0.1, -0.05) is 19.9 Å². The Bertz CT molecular complexity index is 578. The topological polar surface area (TPSA) is 58.8 Å². The van der Waals surface area contributed by atoms with Crippen molar-refractivity contribution < 1.29 is 13.9 Å². The van der Waals surface area contributed by atoms with Gasteiger partial charge in [0, 0.05) is 13.1 Å². The van der Waals surface area contributed by atoms with Crippen LogP contribution in [0.1, 0.15) is 43.9 Å². The molecule has 0 radical (unpaired) electrons. The lowest BCUT2D eigenvalue weighted by molar-refractivity contribution is -0.0113. The number of benzene rings is 1. The van der Waals surface area contributed by atoms with Crippen LogP contribution in [-0.4, -0.2) is 54.7 Å². The maximum Gasteiger partial charge on any atom is 0.315 e. The zero-order valence-corrected chi connectivity index (χ0v) is 15.5. The van der Waals surface area contributed by atoms with Crippen LogP contribution >= 0.6 is 0 Å². The quantitative estimate of drug-likeness (QED) is 0.821. The zero-order valence-electron chi connectivity index (χ0n) is 15.5. The van der Waals surface area contributed by atoms with Gasteiger partial charge in [-0.25, -0.2) is 9.18 Å². The fourth-order valence-corrected chi connectivity index (χ4v) is 3.54. The highest BCUT2D eigenvalue weighted by atomic mass is 19.1. The highest BCUT2D eigenvalue weighted by Gasteiger charge is 2.33. The summed E-state index contributed by atoms with van der Waals surface area (Å²) in [7, 11) is 0. The molecular weight excluding hydrogens is 321 g/mol. The minimum Gasteiger partial charge on any atom is -0.377 e. The molecule has 5 nitrogen and oxygen atoms in total. The summed E-state index contributed by atoms with van der Waals surface area (Å²) >= 11 is 0. The fraction of sp³-hybridized carbons (Fsp3) is 0.632. The Kier molecular flexibility index (Phi) is 7.20. The van der Waals surface area contributed by atoms with E-state index in [1.807, 2.05) is 6.92 Å². The van der Waals surface area contributed by atoms with E-state index in [1.165, 1.54) is 12.1 Å². The molecule has 1 fully saturated rings. The van der Waals surface area contributed by atoms with Crippen LogP contribution in [0.25, 0.3) is 0 Å². The van der Waals surface area contributed by atoms with Crippen molar-refractivity contribution in [2.45, 2.75) is 45.8 Å². The maximum absolute atomic E-state index is 13.4. The molecule has 6 heteroatoms. The first-order chi connectivity index (χ1) is 12.0. The second-order valence-corrected chi connectivity index (χ2v) is 6.59. The summed E-state index contributed by atoms with van der Waals surface area (Å²) in [5, 5.41) is 0. The van der Waals surface area contributed by atoms with E-state index < -0.39 is 6.03 Å². The Morgan fingerprint density at radius 3 is 2.72 bits per heavy atom. The largest absolute Gasteiger partial charge is 0.377 e. The Balaban J connectivity index is 2.05. The average Bonchev–Trinajstić information content (AvgIpc) is 2.58. The van der Waals surface area contributed by atoms with Crippen molar-refractivity contribution >= 4 is 6.03 Å². The summed E-state index contributed by atoms with van der Waals surface area (Å²) in [4.78, 5) is 15.8. The van der Waals surface area contributed by atoms with Crippen LogP contribution in [0.4, 0.5) is 9.18 Å². The van der Waals surface area contributed by atoms with Crippen LogP contribution in [0.3, 0.4) is 0 Å². The molecular formula is C19H30FN3O2. The van der Waals surface area contributed by atoms with Crippen LogP contribution < -0.4 is 5.73 Å². The third-order valence-corrected chi connectivity index (χ3v) is 5.08. The summed E-state index contributed by atoms with van der Waals surface area (Å²) in [6, 6.07) is 4.09. The number of primary amides is 1. The number of hydrogen-bond donors (Lipinski definition) is 1. The van der Waals surface area contributed by atoms with E-state index in [0.29, 0.717) is 19.6 Å². The Morgan fingerprint density at radius 1 is 1.40 bits per heavy atom. The van der Waals surface area contributed by atoms with Crippen molar-refractivity contribution in [1.29, 1.82) is 0 Å². The number of amides is 2. The Labute approximate surface area is 149 Å². The lowest BCUT2D eigenvalue weighted by Crippen LogP contribution is -2.46. The molecule has 1 heterocycles. The molecule has 0 aromatic heterocycles. The first-order valence-electron chi connectivity index (χ1n) is 9.12. The highest BCUT2D eigenvalue weighted by molar-refractivity contribution is 5.73. The molecule has 1 aromatic rings. The molecule has 2 atom stereocenters. The van der Waals surface area contributed by atoms with E-state index in [2.05, 4.69) is 18.7 Å². The van der Waals surface area contributed by atoms with E-state index in [9.17, 15) is 9.18 Å². The molecule has 1 aromatic carbocycles. The van der Waals surface area contributed by atoms with Crippen molar-refractivity contribution in [3.05, 3.63) is 35.1 Å². The molecule has 1 aliphatic rings. The second kappa shape index (κ2) is 9.15. The number of halogens is 1. The van der Waals surface area contributed by atoms with Crippen LogP contribution in [0.2, 0.25) is 0 Å². The molecule has 0 bridgehead atoms. The van der Waals surface area contributed by atoms with Gasteiger partial charge in [-0.3, -0.25) is 0 Å². The van der Waals surface area contributed by atoms with Crippen LogP contribution in [0.5, 0.6) is 0 Å². The molecule has 25 heavy (non-hydrogen) atoms. The van der Waals surface area contributed by atoms with E-state index >= 15 is 0 Å². The van der Waals surface area contributed by atoms with Gasteiger partial charge in [0.05, 0.1) is 18.8 Å². The first kappa shape index (κ1) is 19.7. The zero-order chi connectivity index (χ0) is 18.4. The predicted molar refractivity (Wildman–Crippen MR) is 96.9 cm³/mol. The SMILES string of the molecule is CCN(CC)CCOC1CCN(C(N)=O)C(c2ccc(F)cc2C)C1. The number of piperidine rings is 1. The molecule has 0 spiro atoms. The number of carbonyl (C=O) groups excluding carboxylic acids is 1. The number of hydrogen-bond acceptors (Lipinski definition) is 3. The molecule has 2 unspecified atom stereocenters. The van der Waals surface area contributed by atoms with Gasteiger partial charge in [0.15, 0.2) is 0 Å². The number of urea groups is 1. The van der Waals surface area contributed by atoms with Gasteiger partial charge in [0.2, 0.25) is 0 Å². The van der Waals surface area contributed by atoms with Gasteiger partial charge < -0.3 is 20.3 Å². The summed E-state index contributed by atoms with van der Waals surface area (Å²) < 4.78 is 19.5. The lowest BCUT2D eigenvalue weighted by atomic mass is 9.91. The number of aryl methyl sites for hydroxylation is 1. The minimum atomic E-state index is -0.435. The van der Waals surface area contributed by atoms with Gasteiger partial charge in [0.1, 0.15) is 5.82 Å². The number of nitrogens with zero attached hydrogens (tertiary/aromatic N) is 2. The van der Waals surface area contributed by atoms with E-state index in [-0.39, 0.29) is 18.0 Å². The molecule has 2 rings (SSSR count). The average molecular weight is 351 g/mol. The molecule has 1 saturated heterocycles. The second-order valence-electron chi connectivity index (χ2n) is 6.59. The normalized spacial score (nSPS) is 20.9. The number of likely N-dealkylation sites (tertiary alicyclic amines) is 1. The third-order valence-electron chi connectivity index (χ3n) is 5.08. The van der Waals surface area contributed by atoms with Crippen LogP contribution in [0.15, 0.2) is 18.2 Å². The molecule has 1 aliphatic heterocycles. The standard InChI is InChI=1S/C19H30FN3O2/c1-4-22(5-2)10-11-25-16-8-9-23(19(21)24)18(13-16)17-7-6-15(20)12-14(17)3/h6-7,12,16,18H,4-5,8-11,13H2,1-3H3,(H2,21,24). The molecule has 0 saturated carbocycles. The van der Waals surface area contributed by atoms with Crippen molar-refractivity contribution in [3.8, 4) is 0 Å². The number of likely N-dealkylation sites (N-methyl/N-ethyl adjacent to an activating group) is 1. The van der Waals surface area contributed by atoms with Crippen LogP contribution in [0, 0.1) is 12.7 Å². The van der Waals surface area contributed by atoms with E-state index in [4.69, 9.17) is 10.5 Å². The van der Waals surface area contributed by atoms with Crippen molar-refractivity contribution in [3.63, 3.8) is 0 Å². The Hall–Kier alpha value is -1.66. The van der Waals surface area contributed by atoms with Gasteiger partial charge >= 0.3 is 6.03 Å². The summed E-state index contributed by atoms with van der Waals surface area (Å²) in [5.74, 6) is -0.269.